The zero-order valence-electron chi connectivity index (χ0n) is 12.5. The van der Waals surface area contributed by atoms with E-state index in [2.05, 4.69) is 6.92 Å². The van der Waals surface area contributed by atoms with E-state index in [1.807, 2.05) is 0 Å². The molecule has 0 amide bonds. The van der Waals surface area contributed by atoms with E-state index >= 15 is 0 Å². The Labute approximate surface area is 140 Å². The fourth-order valence-electron chi connectivity index (χ4n) is 1.82. The van der Waals surface area contributed by atoms with Crippen LogP contribution in [0, 0.1) is 0 Å². The molecule has 122 valence electrons. The molecule has 0 N–H and O–H groups in total. The maximum Gasteiger partial charge on any atom is 0.344 e. The largest absolute Gasteiger partial charge is 0.426 e. The van der Waals surface area contributed by atoms with E-state index < -0.39 is 10.8 Å². The number of hydrogen-bond acceptors (Lipinski definition) is 4. The highest BCUT2D eigenvalue weighted by Gasteiger charge is 2.14. The van der Waals surface area contributed by atoms with Gasteiger partial charge in [0.05, 0.1) is 0 Å². The van der Waals surface area contributed by atoms with Gasteiger partial charge >= 0.3 is 11.9 Å². The average Bonchev–Trinajstić information content (AvgIpc) is 2.47. The second-order valence-corrected chi connectivity index (χ2v) is 5.93. The Hall–Kier alpha value is -1.26. The third kappa shape index (κ3) is 7.66. The van der Waals surface area contributed by atoms with Gasteiger partial charge in [0.15, 0.2) is 0 Å². The molecule has 0 saturated carbocycles. The van der Waals surface area contributed by atoms with Crippen molar-refractivity contribution in [2.75, 3.05) is 0 Å². The lowest BCUT2D eigenvalue weighted by atomic mass is 10.1. The first-order chi connectivity index (χ1) is 10.5. The van der Waals surface area contributed by atoms with Gasteiger partial charge in [0.2, 0.25) is 4.84 Å². The highest BCUT2D eigenvalue weighted by molar-refractivity contribution is 6.53. The summed E-state index contributed by atoms with van der Waals surface area (Å²) in [7, 11) is 0. The molecule has 1 aromatic carbocycles. The van der Waals surface area contributed by atoms with Crippen molar-refractivity contribution in [3.8, 4) is 11.5 Å². The summed E-state index contributed by atoms with van der Waals surface area (Å²) in [6.45, 7) is 2.14. The van der Waals surface area contributed by atoms with Crippen LogP contribution < -0.4 is 9.47 Å². The summed E-state index contributed by atoms with van der Waals surface area (Å²) in [4.78, 5) is 21.7. The monoisotopic (exact) mass is 346 g/mol. The quantitative estimate of drug-likeness (QED) is 0.282. The fraction of sp³-hybridized carbons (Fsp3) is 0.500. The minimum atomic E-state index is -1.26. The minimum Gasteiger partial charge on any atom is -0.426 e. The first kappa shape index (κ1) is 18.8. The topological polar surface area (TPSA) is 52.6 Å². The molecule has 0 aliphatic carbocycles. The normalized spacial score (nSPS) is 10.5. The molecule has 0 unspecified atom stereocenters. The van der Waals surface area contributed by atoms with Gasteiger partial charge in [0.1, 0.15) is 11.5 Å². The SMILES string of the molecule is CCCCCCCC(=O)Oc1cccc(OC(=O)C(Cl)Cl)c1. The molecular formula is C16H20Cl2O4. The number of carbonyl (C=O) groups excluding carboxylic acids is 2. The van der Waals surface area contributed by atoms with Crippen molar-refractivity contribution < 1.29 is 19.1 Å². The third-order valence-electron chi connectivity index (χ3n) is 2.92. The molecule has 0 spiro atoms. The second-order valence-electron chi connectivity index (χ2n) is 4.83. The Kier molecular flexibility index (Phi) is 8.94. The molecule has 0 heterocycles. The van der Waals surface area contributed by atoms with Crippen LogP contribution in [0.5, 0.6) is 11.5 Å². The molecule has 6 heteroatoms. The lowest BCUT2D eigenvalue weighted by Crippen LogP contribution is -2.15. The highest BCUT2D eigenvalue weighted by Crippen LogP contribution is 2.21. The van der Waals surface area contributed by atoms with Crippen molar-refractivity contribution in [3.05, 3.63) is 24.3 Å². The number of halogens is 2. The summed E-state index contributed by atoms with van der Waals surface area (Å²) in [5, 5.41) is 0. The van der Waals surface area contributed by atoms with Gasteiger partial charge < -0.3 is 9.47 Å². The lowest BCUT2D eigenvalue weighted by Gasteiger charge is -2.07. The van der Waals surface area contributed by atoms with E-state index in [1.165, 1.54) is 18.9 Å². The van der Waals surface area contributed by atoms with Crippen molar-refractivity contribution >= 4 is 35.1 Å². The van der Waals surface area contributed by atoms with Crippen LogP contribution in [0.15, 0.2) is 24.3 Å². The number of esters is 2. The van der Waals surface area contributed by atoms with Crippen molar-refractivity contribution in [1.82, 2.24) is 0 Å². The zero-order chi connectivity index (χ0) is 16.4. The van der Waals surface area contributed by atoms with Gasteiger partial charge in [-0.1, -0.05) is 61.9 Å². The number of unbranched alkanes of at least 4 members (excludes halogenated alkanes) is 4. The first-order valence-corrected chi connectivity index (χ1v) is 8.20. The predicted molar refractivity (Wildman–Crippen MR) is 86.6 cm³/mol. The summed E-state index contributed by atoms with van der Waals surface area (Å²) in [5.74, 6) is -0.524. The Morgan fingerprint density at radius 3 is 2.32 bits per heavy atom. The van der Waals surface area contributed by atoms with E-state index in [0.29, 0.717) is 12.2 Å². The molecule has 0 radical (unpaired) electrons. The van der Waals surface area contributed by atoms with E-state index in [-0.39, 0.29) is 11.7 Å². The van der Waals surface area contributed by atoms with Gasteiger partial charge in [-0.2, -0.15) is 0 Å². The molecular weight excluding hydrogens is 327 g/mol. The summed E-state index contributed by atoms with van der Waals surface area (Å²) in [6, 6.07) is 6.23. The molecule has 0 bridgehead atoms. The zero-order valence-corrected chi connectivity index (χ0v) is 14.0. The number of carbonyl (C=O) groups is 2. The van der Waals surface area contributed by atoms with Crippen LogP contribution in [-0.2, 0) is 9.59 Å². The standard InChI is InChI=1S/C16H20Cl2O4/c1-2-3-4-5-6-10-14(19)21-12-8-7-9-13(11-12)22-16(20)15(17)18/h7-9,11,15H,2-6,10H2,1H3. The Balaban J connectivity index is 2.42. The van der Waals surface area contributed by atoms with Crippen molar-refractivity contribution in [2.45, 2.75) is 50.3 Å². The van der Waals surface area contributed by atoms with Gasteiger partial charge in [0.25, 0.3) is 0 Å². The number of ether oxygens (including phenoxy) is 2. The molecule has 0 aliphatic heterocycles. The fourth-order valence-corrected chi connectivity index (χ4v) is 1.91. The van der Waals surface area contributed by atoms with Crippen LogP contribution >= 0.6 is 23.2 Å². The van der Waals surface area contributed by atoms with Gasteiger partial charge in [0, 0.05) is 12.5 Å². The molecule has 1 aromatic rings. The third-order valence-corrected chi connectivity index (χ3v) is 3.27. The summed E-state index contributed by atoms with van der Waals surface area (Å²) in [5.41, 5.74) is 0. The summed E-state index contributed by atoms with van der Waals surface area (Å²) < 4.78 is 10.1. The van der Waals surface area contributed by atoms with Gasteiger partial charge in [-0.05, 0) is 18.6 Å². The molecule has 0 atom stereocenters. The lowest BCUT2D eigenvalue weighted by molar-refractivity contribution is -0.134. The number of rotatable bonds is 9. The number of hydrogen-bond donors (Lipinski definition) is 0. The maximum absolute atomic E-state index is 11.7. The first-order valence-electron chi connectivity index (χ1n) is 7.33. The number of benzene rings is 1. The molecule has 0 aromatic heterocycles. The van der Waals surface area contributed by atoms with E-state index in [9.17, 15) is 9.59 Å². The molecule has 4 nitrogen and oxygen atoms in total. The van der Waals surface area contributed by atoms with Gasteiger partial charge in [-0.3, -0.25) is 4.79 Å². The Morgan fingerprint density at radius 2 is 1.68 bits per heavy atom. The van der Waals surface area contributed by atoms with Crippen LogP contribution in [0.25, 0.3) is 0 Å². The van der Waals surface area contributed by atoms with Gasteiger partial charge in [-0.15, -0.1) is 0 Å². The van der Waals surface area contributed by atoms with E-state index in [1.54, 1.807) is 18.2 Å². The molecule has 0 saturated heterocycles. The van der Waals surface area contributed by atoms with Crippen LogP contribution in [0.2, 0.25) is 0 Å². The molecule has 1 rings (SSSR count). The van der Waals surface area contributed by atoms with Crippen LogP contribution in [-0.4, -0.2) is 16.8 Å². The van der Waals surface area contributed by atoms with Crippen molar-refractivity contribution in [1.29, 1.82) is 0 Å². The van der Waals surface area contributed by atoms with E-state index in [0.717, 1.165) is 19.3 Å². The summed E-state index contributed by atoms with van der Waals surface area (Å²) in [6.07, 6.45) is 5.69. The summed E-state index contributed by atoms with van der Waals surface area (Å²) >= 11 is 10.8. The Morgan fingerprint density at radius 1 is 1.05 bits per heavy atom. The van der Waals surface area contributed by atoms with Crippen molar-refractivity contribution in [3.63, 3.8) is 0 Å². The van der Waals surface area contributed by atoms with Gasteiger partial charge in [-0.25, -0.2) is 4.79 Å². The maximum atomic E-state index is 11.7. The average molecular weight is 347 g/mol. The molecule has 0 aliphatic rings. The predicted octanol–water partition coefficient (Wildman–Crippen LogP) is 4.66. The van der Waals surface area contributed by atoms with E-state index in [4.69, 9.17) is 32.7 Å². The second kappa shape index (κ2) is 10.5. The van der Waals surface area contributed by atoms with Crippen molar-refractivity contribution in [2.24, 2.45) is 0 Å². The molecule has 0 fully saturated rings. The van der Waals surface area contributed by atoms with Crippen LogP contribution in [0.1, 0.15) is 45.4 Å². The smallest absolute Gasteiger partial charge is 0.344 e. The Bertz CT molecular complexity index is 489. The number of alkyl halides is 2. The minimum absolute atomic E-state index is 0.226. The highest BCUT2D eigenvalue weighted by atomic mass is 35.5. The van der Waals surface area contributed by atoms with Crippen LogP contribution in [0.4, 0.5) is 0 Å². The van der Waals surface area contributed by atoms with Crippen LogP contribution in [0.3, 0.4) is 0 Å². The molecule has 22 heavy (non-hydrogen) atoms.